The summed E-state index contributed by atoms with van der Waals surface area (Å²) >= 11 is 0. The normalized spacial score (nSPS) is 14.8. The molecule has 0 aromatic rings. The lowest BCUT2D eigenvalue weighted by Crippen LogP contribution is -2.45. The highest BCUT2D eigenvalue weighted by molar-refractivity contribution is 7.45. The van der Waals surface area contributed by atoms with Gasteiger partial charge in [0.05, 0.1) is 39.9 Å². The number of amides is 1. The third-order valence-corrected chi connectivity index (χ3v) is 9.88. The Balaban J connectivity index is 4.25. The van der Waals surface area contributed by atoms with Crippen LogP contribution in [0.4, 0.5) is 0 Å². The predicted molar refractivity (Wildman–Crippen MR) is 205 cm³/mol. The third kappa shape index (κ3) is 35.2. The van der Waals surface area contributed by atoms with Gasteiger partial charge < -0.3 is 28.8 Å². The van der Waals surface area contributed by atoms with Crippen molar-refractivity contribution >= 4 is 13.7 Å². The number of carbonyl (C=O) groups is 1. The van der Waals surface area contributed by atoms with Crippen LogP contribution in [-0.2, 0) is 18.4 Å². The molecule has 3 unspecified atom stereocenters. The van der Waals surface area contributed by atoms with Crippen molar-refractivity contribution < 1.29 is 32.9 Å². The summed E-state index contributed by atoms with van der Waals surface area (Å²) in [5.41, 5.74) is 0. The van der Waals surface area contributed by atoms with Gasteiger partial charge in [0.1, 0.15) is 13.2 Å². The first-order valence-corrected chi connectivity index (χ1v) is 21.7. The summed E-state index contributed by atoms with van der Waals surface area (Å²) in [7, 11) is 1.24. The van der Waals surface area contributed by atoms with E-state index in [0.29, 0.717) is 17.4 Å². The van der Waals surface area contributed by atoms with Crippen LogP contribution in [0.15, 0.2) is 24.3 Å². The predicted octanol–water partition coefficient (Wildman–Crippen LogP) is 9.94. The van der Waals surface area contributed by atoms with Crippen LogP contribution in [0.25, 0.3) is 0 Å². The van der Waals surface area contributed by atoms with Crippen LogP contribution < -0.4 is 10.2 Å². The van der Waals surface area contributed by atoms with Gasteiger partial charge in [0, 0.05) is 6.42 Å². The third-order valence-electron chi connectivity index (χ3n) is 8.91. The second kappa shape index (κ2) is 32.9. The van der Waals surface area contributed by atoms with Crippen LogP contribution in [0, 0.1) is 0 Å². The standard InChI is InChI=1S/C40H79N2O6P/c1-6-8-10-12-13-14-15-16-17-18-19-20-21-22-23-24-25-26-27-28-30-31-33-39(43)38(41-40(44)34-32-29-11-9-7-2)37-48-49(45,46)47-36-35-42(3,4)5/h26-27,31,33,38-39,43H,6-25,28-30,32,34-37H2,1-5H3,(H-,41,44,45,46)/b27-26+,33-31+. The first-order valence-electron chi connectivity index (χ1n) is 20.2. The molecular formula is C40H79N2O6P. The highest BCUT2D eigenvalue weighted by Gasteiger charge is 2.23. The number of phosphoric acid groups is 1. The monoisotopic (exact) mass is 715 g/mol. The summed E-state index contributed by atoms with van der Waals surface area (Å²) in [4.78, 5) is 24.9. The number of unbranched alkanes of at least 4 members (excludes halogenated alkanes) is 21. The van der Waals surface area contributed by atoms with Crippen molar-refractivity contribution in [1.29, 1.82) is 0 Å². The molecule has 0 bridgehead atoms. The number of nitrogens with one attached hydrogen (secondary N) is 1. The molecule has 3 atom stereocenters. The number of allylic oxidation sites excluding steroid dienone is 3. The van der Waals surface area contributed by atoms with Crippen molar-refractivity contribution in [1.82, 2.24) is 5.32 Å². The molecule has 290 valence electrons. The Bertz CT molecular complexity index is 860. The SMILES string of the molecule is CCCCCCCCCCCCCCCCCC/C=C/CC/C=C/C(O)C(COP(=O)([O-])OCC[N+](C)(C)C)NC(=O)CCCCCCC. The molecule has 2 N–H and O–H groups in total. The number of carbonyl (C=O) groups excluding carboxylic acids is 1. The van der Waals surface area contributed by atoms with E-state index in [9.17, 15) is 19.4 Å². The van der Waals surface area contributed by atoms with E-state index in [1.165, 1.54) is 103 Å². The summed E-state index contributed by atoms with van der Waals surface area (Å²) in [6, 6.07) is -0.894. The van der Waals surface area contributed by atoms with Crippen LogP contribution >= 0.6 is 7.82 Å². The van der Waals surface area contributed by atoms with Crippen molar-refractivity contribution in [2.45, 2.75) is 187 Å². The molecule has 8 nitrogen and oxygen atoms in total. The topological polar surface area (TPSA) is 108 Å². The van der Waals surface area contributed by atoms with E-state index >= 15 is 0 Å². The average molecular weight is 715 g/mol. The van der Waals surface area contributed by atoms with Crippen LogP contribution in [0.2, 0.25) is 0 Å². The fourth-order valence-electron chi connectivity index (χ4n) is 5.64. The van der Waals surface area contributed by atoms with Gasteiger partial charge in [0.15, 0.2) is 0 Å². The fraction of sp³-hybridized carbons (Fsp3) is 0.875. The van der Waals surface area contributed by atoms with Crippen molar-refractivity contribution in [3.8, 4) is 0 Å². The maximum Gasteiger partial charge on any atom is 0.268 e. The number of likely N-dealkylation sites (N-methyl/N-ethyl adjacent to an activating group) is 1. The molecule has 0 aliphatic rings. The summed E-state index contributed by atoms with van der Waals surface area (Å²) in [5.74, 6) is -0.221. The lowest BCUT2D eigenvalue weighted by Gasteiger charge is -2.29. The number of rotatable bonds is 36. The molecule has 0 aliphatic carbocycles. The Hall–Kier alpha value is -1.02. The van der Waals surface area contributed by atoms with Crippen LogP contribution in [-0.4, -0.2) is 68.5 Å². The number of aliphatic hydroxyl groups excluding tert-OH is 1. The molecule has 0 radical (unpaired) electrons. The van der Waals surface area contributed by atoms with Gasteiger partial charge in [0.25, 0.3) is 7.82 Å². The van der Waals surface area contributed by atoms with Gasteiger partial charge in [-0.3, -0.25) is 9.36 Å². The molecule has 0 aromatic heterocycles. The minimum absolute atomic E-state index is 0.00544. The molecule has 0 fully saturated rings. The zero-order valence-electron chi connectivity index (χ0n) is 32.6. The molecule has 0 aromatic carbocycles. The van der Waals surface area contributed by atoms with Crippen LogP contribution in [0.3, 0.4) is 0 Å². The minimum Gasteiger partial charge on any atom is -0.756 e. The zero-order chi connectivity index (χ0) is 36.5. The summed E-state index contributed by atoms with van der Waals surface area (Å²) in [6.45, 7) is 4.52. The van der Waals surface area contributed by atoms with Gasteiger partial charge in [0.2, 0.25) is 5.91 Å². The number of nitrogens with zero attached hydrogens (tertiary/aromatic N) is 1. The molecule has 0 heterocycles. The van der Waals surface area contributed by atoms with Crippen LogP contribution in [0.1, 0.15) is 174 Å². The first kappa shape index (κ1) is 48.0. The second-order valence-corrected chi connectivity index (χ2v) is 16.4. The largest absolute Gasteiger partial charge is 0.756 e. The lowest BCUT2D eigenvalue weighted by atomic mass is 10.0. The number of hydrogen-bond donors (Lipinski definition) is 2. The smallest absolute Gasteiger partial charge is 0.268 e. The maximum absolute atomic E-state index is 12.6. The Morgan fingerprint density at radius 2 is 1.14 bits per heavy atom. The highest BCUT2D eigenvalue weighted by Crippen LogP contribution is 2.38. The molecule has 0 saturated heterocycles. The van der Waals surface area contributed by atoms with Crippen molar-refractivity contribution in [3.05, 3.63) is 24.3 Å². The van der Waals surface area contributed by atoms with E-state index in [2.05, 4.69) is 31.3 Å². The van der Waals surface area contributed by atoms with Crippen molar-refractivity contribution in [2.24, 2.45) is 0 Å². The summed E-state index contributed by atoms with van der Waals surface area (Å²) < 4.78 is 23.0. The van der Waals surface area contributed by atoms with Gasteiger partial charge >= 0.3 is 0 Å². The van der Waals surface area contributed by atoms with Gasteiger partial charge in [-0.05, 0) is 32.1 Å². The summed E-state index contributed by atoms with van der Waals surface area (Å²) in [5, 5.41) is 13.6. The van der Waals surface area contributed by atoms with E-state index in [1.54, 1.807) is 6.08 Å². The van der Waals surface area contributed by atoms with E-state index in [4.69, 9.17) is 9.05 Å². The minimum atomic E-state index is -4.57. The Morgan fingerprint density at radius 3 is 1.65 bits per heavy atom. The van der Waals surface area contributed by atoms with Crippen LogP contribution in [0.5, 0.6) is 0 Å². The maximum atomic E-state index is 12.6. The van der Waals surface area contributed by atoms with Crippen molar-refractivity contribution in [2.75, 3.05) is 40.9 Å². The van der Waals surface area contributed by atoms with Gasteiger partial charge in [-0.15, -0.1) is 0 Å². The number of aliphatic hydroxyl groups is 1. The Kier molecular flexibility index (Phi) is 32.2. The number of hydrogen-bond acceptors (Lipinski definition) is 6. The average Bonchev–Trinajstić information content (AvgIpc) is 3.04. The molecule has 0 spiro atoms. The second-order valence-electron chi connectivity index (χ2n) is 15.0. The first-order chi connectivity index (χ1) is 23.5. The molecule has 1 amide bonds. The van der Waals surface area contributed by atoms with E-state index in [0.717, 1.165) is 51.4 Å². The molecule has 9 heteroatoms. The van der Waals surface area contributed by atoms with Gasteiger partial charge in [-0.2, -0.15) is 0 Å². The van der Waals surface area contributed by atoms with E-state index in [-0.39, 0.29) is 12.5 Å². The fourth-order valence-corrected chi connectivity index (χ4v) is 6.36. The molecular weight excluding hydrogens is 635 g/mol. The molecule has 0 rings (SSSR count). The molecule has 0 saturated carbocycles. The van der Waals surface area contributed by atoms with Gasteiger partial charge in [-0.1, -0.05) is 160 Å². The van der Waals surface area contributed by atoms with Crippen molar-refractivity contribution in [3.63, 3.8) is 0 Å². The molecule has 0 aliphatic heterocycles. The van der Waals surface area contributed by atoms with E-state index < -0.39 is 26.6 Å². The van der Waals surface area contributed by atoms with Gasteiger partial charge in [-0.25, -0.2) is 0 Å². The van der Waals surface area contributed by atoms with E-state index in [1.807, 2.05) is 27.2 Å². The number of quaternary nitrogens is 1. The Morgan fingerprint density at radius 1 is 0.694 bits per heavy atom. The highest BCUT2D eigenvalue weighted by atomic mass is 31.2. The molecule has 49 heavy (non-hydrogen) atoms. The quantitative estimate of drug-likeness (QED) is 0.0290. The number of phosphoric ester groups is 1. The zero-order valence-corrected chi connectivity index (χ0v) is 33.5. The Labute approximate surface area is 303 Å². The lowest BCUT2D eigenvalue weighted by molar-refractivity contribution is -0.870. The summed E-state index contributed by atoms with van der Waals surface area (Å²) in [6.07, 6.45) is 37.1.